The molecule has 2 atom stereocenters. The van der Waals surface area contributed by atoms with Gasteiger partial charge in [-0.3, -0.25) is 0 Å². The molecule has 0 fully saturated rings. The lowest BCUT2D eigenvalue weighted by Gasteiger charge is -2.21. The number of rotatable bonds is 4. The molecule has 0 bridgehead atoms. The van der Waals surface area contributed by atoms with Crippen LogP contribution in [0.25, 0.3) is 0 Å². The van der Waals surface area contributed by atoms with Crippen molar-refractivity contribution in [2.24, 2.45) is 0 Å². The average Bonchev–Trinajstić information content (AvgIpc) is 2.88. The molecule has 0 spiro atoms. The molecule has 0 aliphatic heterocycles. The van der Waals surface area contributed by atoms with Gasteiger partial charge in [-0.25, -0.2) is 4.39 Å². The largest absolute Gasteiger partial charge is 0.303 e. The molecule has 2 rings (SSSR count). The van der Waals surface area contributed by atoms with Crippen LogP contribution < -0.4 is 5.32 Å². The topological polar surface area (TPSA) is 12.0 Å². The number of thiophene rings is 1. The molecule has 1 N–H and O–H groups in total. The van der Waals surface area contributed by atoms with E-state index >= 15 is 0 Å². The maximum Gasteiger partial charge on any atom is 0.142 e. The van der Waals surface area contributed by atoms with Crippen molar-refractivity contribution >= 4 is 34.5 Å². The Morgan fingerprint density at radius 2 is 1.89 bits per heavy atom. The molecular weight excluding hydrogens is 304 g/mol. The van der Waals surface area contributed by atoms with E-state index in [1.54, 1.807) is 11.3 Å². The van der Waals surface area contributed by atoms with Crippen LogP contribution in [0.5, 0.6) is 0 Å². The van der Waals surface area contributed by atoms with Crippen molar-refractivity contribution in [3.63, 3.8) is 0 Å². The van der Waals surface area contributed by atoms with Crippen LogP contribution in [0.3, 0.4) is 0 Å². The summed E-state index contributed by atoms with van der Waals surface area (Å²) in [7, 11) is 0. The van der Waals surface area contributed by atoms with Crippen LogP contribution in [0.1, 0.15) is 36.4 Å². The van der Waals surface area contributed by atoms with Crippen molar-refractivity contribution in [1.82, 2.24) is 5.32 Å². The molecule has 0 saturated carbocycles. The molecule has 102 valence electrons. The summed E-state index contributed by atoms with van der Waals surface area (Å²) >= 11 is 13.8. The number of hydrogen-bond acceptors (Lipinski definition) is 2. The van der Waals surface area contributed by atoms with Crippen LogP contribution in [0.4, 0.5) is 4.39 Å². The number of nitrogens with one attached hydrogen (secondary N) is 1. The minimum absolute atomic E-state index is 0.0888. The normalized spacial score (nSPS) is 14.4. The quantitative estimate of drug-likeness (QED) is 0.723. The third kappa shape index (κ3) is 3.29. The number of benzene rings is 1. The number of hydrogen-bond donors (Lipinski definition) is 1. The van der Waals surface area contributed by atoms with Crippen molar-refractivity contribution in [1.29, 1.82) is 0 Å². The Labute approximate surface area is 126 Å². The van der Waals surface area contributed by atoms with E-state index in [-0.39, 0.29) is 17.1 Å². The fourth-order valence-electron chi connectivity index (χ4n) is 2.02. The van der Waals surface area contributed by atoms with Gasteiger partial charge >= 0.3 is 0 Å². The first-order valence-corrected chi connectivity index (χ1v) is 7.57. The van der Waals surface area contributed by atoms with Gasteiger partial charge in [-0.15, -0.1) is 11.3 Å². The maximum atomic E-state index is 13.5. The first-order valence-electron chi connectivity index (χ1n) is 5.93. The lowest BCUT2D eigenvalue weighted by Crippen LogP contribution is -2.22. The van der Waals surface area contributed by atoms with E-state index in [9.17, 15) is 4.39 Å². The highest BCUT2D eigenvalue weighted by Gasteiger charge is 2.19. The fraction of sp³-hybridized carbons (Fsp3) is 0.286. The predicted molar refractivity (Wildman–Crippen MR) is 80.7 cm³/mol. The molecule has 0 radical (unpaired) electrons. The van der Waals surface area contributed by atoms with Crippen molar-refractivity contribution in [3.05, 3.63) is 55.9 Å². The standard InChI is InChI=1S/C14H14Cl2FNS/c1-8(12-4-3-7-19-12)18-9(2)13-10(15)5-6-11(17)14(13)16/h3-9,18H,1-2H3. The van der Waals surface area contributed by atoms with Gasteiger partial charge in [-0.1, -0.05) is 29.3 Å². The van der Waals surface area contributed by atoms with Crippen LogP contribution in [-0.2, 0) is 0 Å². The van der Waals surface area contributed by atoms with Crippen LogP contribution >= 0.6 is 34.5 Å². The molecule has 5 heteroatoms. The highest BCUT2D eigenvalue weighted by atomic mass is 35.5. The van der Waals surface area contributed by atoms with E-state index in [2.05, 4.69) is 18.3 Å². The van der Waals surface area contributed by atoms with Crippen molar-refractivity contribution in [2.45, 2.75) is 25.9 Å². The van der Waals surface area contributed by atoms with Crippen LogP contribution in [-0.4, -0.2) is 0 Å². The molecule has 0 saturated heterocycles. The molecule has 0 aliphatic rings. The van der Waals surface area contributed by atoms with Gasteiger partial charge < -0.3 is 5.32 Å². The van der Waals surface area contributed by atoms with Gasteiger partial charge in [-0.05, 0) is 37.4 Å². The Balaban J connectivity index is 2.21. The Morgan fingerprint density at radius 3 is 2.53 bits per heavy atom. The highest BCUT2D eigenvalue weighted by Crippen LogP contribution is 2.33. The second-order valence-electron chi connectivity index (χ2n) is 4.38. The van der Waals surface area contributed by atoms with E-state index in [1.165, 1.54) is 17.0 Å². The van der Waals surface area contributed by atoms with Crippen LogP contribution in [0.2, 0.25) is 10.0 Å². The molecule has 2 unspecified atom stereocenters. The fourth-order valence-corrected chi connectivity index (χ4v) is 3.46. The molecule has 1 aromatic carbocycles. The Bertz CT molecular complexity index is 557. The van der Waals surface area contributed by atoms with Gasteiger partial charge in [0.25, 0.3) is 0 Å². The summed E-state index contributed by atoms with van der Waals surface area (Å²) in [4.78, 5) is 1.22. The smallest absolute Gasteiger partial charge is 0.142 e. The van der Waals surface area contributed by atoms with Gasteiger partial charge in [0.05, 0.1) is 5.02 Å². The first kappa shape index (κ1) is 14.8. The summed E-state index contributed by atoms with van der Waals surface area (Å²) in [5, 5.41) is 5.98. The zero-order chi connectivity index (χ0) is 14.0. The molecule has 0 aliphatic carbocycles. The summed E-state index contributed by atoms with van der Waals surface area (Å²) < 4.78 is 13.5. The predicted octanol–water partition coefficient (Wildman–Crippen LogP) is 5.61. The SMILES string of the molecule is CC(NC(C)c1c(Cl)ccc(F)c1Cl)c1cccs1. The summed E-state index contributed by atoms with van der Waals surface area (Å²) in [5.41, 5.74) is 0.603. The molecule has 19 heavy (non-hydrogen) atoms. The zero-order valence-corrected chi connectivity index (χ0v) is 12.9. The molecule has 1 heterocycles. The summed E-state index contributed by atoms with van der Waals surface area (Å²) in [6, 6.07) is 6.91. The molecule has 1 nitrogen and oxygen atoms in total. The third-order valence-corrected chi connectivity index (χ3v) is 4.75. The van der Waals surface area contributed by atoms with Crippen molar-refractivity contribution < 1.29 is 4.39 Å². The third-order valence-electron chi connectivity index (χ3n) is 2.98. The summed E-state index contributed by atoms with van der Waals surface area (Å²) in [5.74, 6) is -0.446. The van der Waals surface area contributed by atoms with Crippen molar-refractivity contribution in [2.75, 3.05) is 0 Å². The van der Waals surface area contributed by atoms with Gasteiger partial charge in [0, 0.05) is 27.5 Å². The van der Waals surface area contributed by atoms with E-state index in [4.69, 9.17) is 23.2 Å². The van der Waals surface area contributed by atoms with E-state index in [0.29, 0.717) is 10.6 Å². The minimum atomic E-state index is -0.446. The molecule has 0 amide bonds. The Kier molecular flexibility index (Phi) is 4.85. The van der Waals surface area contributed by atoms with Crippen molar-refractivity contribution in [3.8, 4) is 0 Å². The minimum Gasteiger partial charge on any atom is -0.303 e. The second kappa shape index (κ2) is 6.23. The lowest BCUT2D eigenvalue weighted by atomic mass is 10.1. The van der Waals surface area contributed by atoms with E-state index < -0.39 is 5.82 Å². The van der Waals surface area contributed by atoms with Gasteiger partial charge in [0.15, 0.2) is 0 Å². The second-order valence-corrected chi connectivity index (χ2v) is 6.15. The first-order chi connectivity index (χ1) is 9.00. The molecule has 1 aromatic heterocycles. The van der Waals surface area contributed by atoms with Gasteiger partial charge in [0.2, 0.25) is 0 Å². The van der Waals surface area contributed by atoms with E-state index in [0.717, 1.165) is 0 Å². The summed E-state index contributed by atoms with van der Waals surface area (Å²) in [6.45, 7) is 3.99. The highest BCUT2D eigenvalue weighted by molar-refractivity contribution is 7.10. The number of halogens is 3. The van der Waals surface area contributed by atoms with Crippen LogP contribution in [0, 0.1) is 5.82 Å². The summed E-state index contributed by atoms with van der Waals surface area (Å²) in [6.07, 6.45) is 0. The Hall–Kier alpha value is -0.610. The lowest BCUT2D eigenvalue weighted by molar-refractivity contribution is 0.497. The van der Waals surface area contributed by atoms with Gasteiger partial charge in [-0.2, -0.15) is 0 Å². The van der Waals surface area contributed by atoms with E-state index in [1.807, 2.05) is 18.4 Å². The molecule has 2 aromatic rings. The molecular formula is C14H14Cl2FNS. The zero-order valence-electron chi connectivity index (χ0n) is 10.6. The monoisotopic (exact) mass is 317 g/mol. The maximum absolute atomic E-state index is 13.5. The van der Waals surface area contributed by atoms with Crippen LogP contribution in [0.15, 0.2) is 29.6 Å². The Morgan fingerprint density at radius 1 is 1.16 bits per heavy atom. The van der Waals surface area contributed by atoms with Gasteiger partial charge in [0.1, 0.15) is 5.82 Å². The average molecular weight is 318 g/mol.